The fourth-order valence-corrected chi connectivity index (χ4v) is 1.44. The number of carbonyl (C=O) groups excluding carboxylic acids is 1. The molecule has 3 N–H and O–H groups in total. The molecule has 0 heterocycles. The molecule has 1 aromatic carbocycles. The minimum absolute atomic E-state index is 0. The second-order valence-corrected chi connectivity index (χ2v) is 5.06. The van der Waals surface area contributed by atoms with Crippen molar-refractivity contribution in [1.82, 2.24) is 5.32 Å². The predicted octanol–water partition coefficient (Wildman–Crippen LogP) is 1.18. The van der Waals surface area contributed by atoms with Crippen molar-refractivity contribution < 1.29 is 36.1 Å². The first-order chi connectivity index (χ1) is 8.97. The van der Waals surface area contributed by atoms with Crippen LogP contribution in [-0.2, 0) is 25.9 Å². The van der Waals surface area contributed by atoms with E-state index >= 15 is 0 Å². The molecule has 20 heavy (non-hydrogen) atoms. The van der Waals surface area contributed by atoms with Crippen molar-refractivity contribution in [3.63, 3.8) is 0 Å². The number of hydrogen-bond donors (Lipinski definition) is 3. The SMILES string of the molecule is CC(C)(CO)C(O)C(=O)NCC[N-]c1ccccc1.[W]. The van der Waals surface area contributed by atoms with Gasteiger partial charge in [-0.25, -0.2) is 0 Å². The summed E-state index contributed by atoms with van der Waals surface area (Å²) in [4.78, 5) is 11.6. The summed E-state index contributed by atoms with van der Waals surface area (Å²) in [5.41, 5.74) is 0.00805. The van der Waals surface area contributed by atoms with E-state index in [0.29, 0.717) is 13.1 Å². The number of nitrogens with zero attached hydrogens (tertiary/aromatic N) is 1. The maximum Gasteiger partial charge on any atom is 0.249 e. The molecule has 0 aromatic heterocycles. The Morgan fingerprint density at radius 3 is 2.50 bits per heavy atom. The quantitative estimate of drug-likeness (QED) is 0.547. The van der Waals surface area contributed by atoms with Gasteiger partial charge in [0.2, 0.25) is 5.91 Å². The average Bonchev–Trinajstić information content (AvgIpc) is 2.43. The summed E-state index contributed by atoms with van der Waals surface area (Å²) in [7, 11) is 0. The number of aliphatic hydroxyl groups excluding tert-OH is 2. The van der Waals surface area contributed by atoms with Crippen LogP contribution in [0.15, 0.2) is 30.3 Å². The number of benzene rings is 1. The molecule has 0 fully saturated rings. The minimum Gasteiger partial charge on any atom is -0.683 e. The van der Waals surface area contributed by atoms with Crippen LogP contribution < -0.4 is 5.32 Å². The zero-order valence-electron chi connectivity index (χ0n) is 11.7. The van der Waals surface area contributed by atoms with Crippen LogP contribution in [-0.4, -0.2) is 41.9 Å². The smallest absolute Gasteiger partial charge is 0.249 e. The molecule has 0 saturated heterocycles. The van der Waals surface area contributed by atoms with Crippen LogP contribution in [0.2, 0.25) is 0 Å². The van der Waals surface area contributed by atoms with E-state index in [9.17, 15) is 9.90 Å². The molecule has 5 nitrogen and oxygen atoms in total. The maximum atomic E-state index is 11.6. The van der Waals surface area contributed by atoms with Crippen LogP contribution in [0, 0.1) is 5.41 Å². The largest absolute Gasteiger partial charge is 0.683 e. The summed E-state index contributed by atoms with van der Waals surface area (Å²) in [6.45, 7) is 3.81. The van der Waals surface area contributed by atoms with Crippen molar-refractivity contribution in [2.24, 2.45) is 5.41 Å². The second-order valence-electron chi connectivity index (χ2n) is 5.06. The molecule has 112 valence electrons. The van der Waals surface area contributed by atoms with E-state index in [4.69, 9.17) is 5.11 Å². The Balaban J connectivity index is 0.00000361. The summed E-state index contributed by atoms with van der Waals surface area (Å²) < 4.78 is 0. The van der Waals surface area contributed by atoms with Gasteiger partial charge in [-0.1, -0.05) is 44.2 Å². The molecule has 0 radical (unpaired) electrons. The number of carbonyl (C=O) groups is 1. The number of hydrogen-bond acceptors (Lipinski definition) is 3. The molecular formula is C14H21N2O3W-. The van der Waals surface area contributed by atoms with E-state index in [1.54, 1.807) is 13.8 Å². The van der Waals surface area contributed by atoms with Crippen molar-refractivity contribution in [2.75, 3.05) is 19.7 Å². The first-order valence-corrected chi connectivity index (χ1v) is 6.26. The van der Waals surface area contributed by atoms with Crippen molar-refractivity contribution in [1.29, 1.82) is 0 Å². The normalized spacial score (nSPS) is 12.2. The van der Waals surface area contributed by atoms with E-state index in [-0.39, 0.29) is 27.7 Å². The van der Waals surface area contributed by atoms with E-state index < -0.39 is 17.4 Å². The minimum atomic E-state index is -1.23. The molecule has 0 aliphatic carbocycles. The zero-order valence-corrected chi connectivity index (χ0v) is 14.7. The van der Waals surface area contributed by atoms with Crippen molar-refractivity contribution in [2.45, 2.75) is 20.0 Å². The first kappa shape index (κ1) is 19.1. The van der Waals surface area contributed by atoms with Gasteiger partial charge in [-0.3, -0.25) is 4.79 Å². The average molecular weight is 449 g/mol. The fraction of sp³-hybridized carbons (Fsp3) is 0.500. The standard InChI is InChI=1S/C14H21N2O3.W/c1-14(2,10-17)12(18)13(19)16-9-8-15-11-6-4-3-5-7-11;/h3-7,12,17-18H,8-10H2,1-2H3,(H,16,19);/q-1;. The van der Waals surface area contributed by atoms with Gasteiger partial charge in [0.1, 0.15) is 6.10 Å². The monoisotopic (exact) mass is 449 g/mol. The van der Waals surface area contributed by atoms with Crippen LogP contribution in [0.1, 0.15) is 13.8 Å². The Kier molecular flexibility index (Phi) is 8.70. The van der Waals surface area contributed by atoms with Gasteiger partial charge in [0.05, 0.1) is 6.61 Å². The van der Waals surface area contributed by atoms with Gasteiger partial charge >= 0.3 is 0 Å². The topological polar surface area (TPSA) is 83.7 Å². The summed E-state index contributed by atoms with van der Waals surface area (Å²) >= 11 is 0. The first-order valence-electron chi connectivity index (χ1n) is 6.26. The molecule has 1 unspecified atom stereocenters. The Morgan fingerprint density at radius 1 is 1.35 bits per heavy atom. The van der Waals surface area contributed by atoms with Crippen LogP contribution >= 0.6 is 0 Å². The Bertz CT molecular complexity index is 399. The summed E-state index contributed by atoms with van der Waals surface area (Å²) in [6.07, 6.45) is -1.23. The molecule has 0 saturated carbocycles. The Morgan fingerprint density at radius 2 is 1.95 bits per heavy atom. The fourth-order valence-electron chi connectivity index (χ4n) is 1.44. The molecule has 1 atom stereocenters. The Labute approximate surface area is 134 Å². The van der Waals surface area contributed by atoms with Crippen molar-refractivity contribution >= 4 is 11.6 Å². The van der Waals surface area contributed by atoms with Crippen LogP contribution in [0.25, 0.3) is 5.32 Å². The van der Waals surface area contributed by atoms with E-state index in [1.165, 1.54) is 0 Å². The van der Waals surface area contributed by atoms with E-state index in [1.807, 2.05) is 30.3 Å². The molecule has 0 bridgehead atoms. The Hall–Kier alpha value is -0.902. The van der Waals surface area contributed by atoms with E-state index in [0.717, 1.165) is 5.69 Å². The number of amides is 1. The zero-order chi connectivity index (χ0) is 14.3. The van der Waals surface area contributed by atoms with Gasteiger partial charge in [0, 0.05) is 33.0 Å². The van der Waals surface area contributed by atoms with Crippen LogP contribution in [0.4, 0.5) is 5.69 Å². The van der Waals surface area contributed by atoms with Gasteiger partial charge in [0.15, 0.2) is 0 Å². The summed E-state index contributed by atoms with van der Waals surface area (Å²) in [5.74, 6) is -0.484. The molecule has 1 aromatic rings. The van der Waals surface area contributed by atoms with Crippen LogP contribution in [0.5, 0.6) is 0 Å². The number of rotatable bonds is 7. The third kappa shape index (κ3) is 6.03. The van der Waals surface area contributed by atoms with Crippen molar-refractivity contribution in [3.8, 4) is 0 Å². The number of para-hydroxylation sites is 1. The van der Waals surface area contributed by atoms with Gasteiger partial charge in [0.25, 0.3) is 0 Å². The number of nitrogens with one attached hydrogen (secondary N) is 1. The molecule has 1 amide bonds. The number of aliphatic hydroxyl groups is 2. The second kappa shape index (κ2) is 9.11. The maximum absolute atomic E-state index is 11.6. The van der Waals surface area contributed by atoms with Gasteiger partial charge in [-0.15, -0.1) is 12.2 Å². The summed E-state index contributed by atoms with van der Waals surface area (Å²) in [6, 6.07) is 9.46. The van der Waals surface area contributed by atoms with Crippen LogP contribution in [0.3, 0.4) is 0 Å². The summed E-state index contributed by atoms with van der Waals surface area (Å²) in [5, 5.41) is 25.7. The molecule has 6 heteroatoms. The third-order valence-electron chi connectivity index (χ3n) is 2.86. The molecular weight excluding hydrogens is 428 g/mol. The third-order valence-corrected chi connectivity index (χ3v) is 2.86. The predicted molar refractivity (Wildman–Crippen MR) is 74.2 cm³/mol. The molecule has 0 aliphatic rings. The molecule has 1 rings (SSSR count). The van der Waals surface area contributed by atoms with E-state index in [2.05, 4.69) is 10.6 Å². The molecule has 0 spiro atoms. The van der Waals surface area contributed by atoms with Gasteiger partial charge < -0.3 is 20.8 Å². The van der Waals surface area contributed by atoms with Gasteiger partial charge in [-0.05, 0) is 0 Å². The van der Waals surface area contributed by atoms with Crippen molar-refractivity contribution in [3.05, 3.63) is 35.6 Å². The van der Waals surface area contributed by atoms with Gasteiger partial charge in [-0.2, -0.15) is 0 Å². The molecule has 0 aliphatic heterocycles.